The molecular formula is C17H19N3O2S. The highest BCUT2D eigenvalue weighted by Gasteiger charge is 2.14. The number of hydrogen-bond acceptors (Lipinski definition) is 5. The Bertz CT molecular complexity index is 659. The van der Waals surface area contributed by atoms with Crippen molar-refractivity contribution in [1.82, 2.24) is 15.8 Å². The fourth-order valence-electron chi connectivity index (χ4n) is 1.75. The van der Waals surface area contributed by atoms with Crippen molar-refractivity contribution in [1.29, 1.82) is 0 Å². The molecule has 2 aromatic rings. The molecule has 6 heteroatoms. The number of methoxy groups -OCH3 is 1. The van der Waals surface area contributed by atoms with Gasteiger partial charge in [-0.25, -0.2) is 4.98 Å². The van der Waals surface area contributed by atoms with Crippen molar-refractivity contribution in [3.63, 3.8) is 0 Å². The number of aromatic nitrogens is 1. The minimum absolute atomic E-state index is 0.143. The molecule has 1 aromatic carbocycles. The summed E-state index contributed by atoms with van der Waals surface area (Å²) in [6.45, 7) is 5.74. The van der Waals surface area contributed by atoms with E-state index in [-0.39, 0.29) is 11.2 Å². The van der Waals surface area contributed by atoms with Gasteiger partial charge in [0.15, 0.2) is 0 Å². The van der Waals surface area contributed by atoms with Gasteiger partial charge in [0.1, 0.15) is 5.75 Å². The van der Waals surface area contributed by atoms with Crippen LogP contribution in [-0.4, -0.2) is 23.3 Å². The Morgan fingerprint density at radius 1 is 1.22 bits per heavy atom. The summed E-state index contributed by atoms with van der Waals surface area (Å²) in [6.07, 6.45) is 1.71. The fraction of sp³-hybridized carbons (Fsp3) is 0.176. The lowest BCUT2D eigenvalue weighted by molar-refractivity contribution is -0.120. The van der Waals surface area contributed by atoms with Crippen LogP contribution in [0.1, 0.15) is 12.5 Å². The first-order valence-corrected chi connectivity index (χ1v) is 7.95. The van der Waals surface area contributed by atoms with Crippen molar-refractivity contribution in [3.05, 3.63) is 60.8 Å². The van der Waals surface area contributed by atoms with Gasteiger partial charge in [0.05, 0.1) is 23.1 Å². The van der Waals surface area contributed by atoms with Gasteiger partial charge in [-0.05, 0) is 48.9 Å². The molecule has 2 rings (SSSR count). The molecule has 0 saturated carbocycles. The smallest absolute Gasteiger partial charge is 0.251 e. The minimum Gasteiger partial charge on any atom is -0.497 e. The van der Waals surface area contributed by atoms with Gasteiger partial charge in [-0.1, -0.05) is 24.4 Å². The zero-order valence-corrected chi connectivity index (χ0v) is 13.9. The van der Waals surface area contributed by atoms with E-state index in [1.54, 1.807) is 13.3 Å². The average molecular weight is 329 g/mol. The second kappa shape index (κ2) is 8.24. The van der Waals surface area contributed by atoms with Crippen molar-refractivity contribution in [2.45, 2.75) is 17.2 Å². The van der Waals surface area contributed by atoms with Crippen LogP contribution >= 0.6 is 11.8 Å². The molecule has 1 heterocycles. The van der Waals surface area contributed by atoms with E-state index in [1.165, 1.54) is 11.8 Å². The zero-order chi connectivity index (χ0) is 16.7. The monoisotopic (exact) mass is 329 g/mol. The number of amides is 1. The Hall–Kier alpha value is -2.47. The lowest BCUT2D eigenvalue weighted by Crippen LogP contribution is -2.40. The predicted octanol–water partition coefficient (Wildman–Crippen LogP) is 2.86. The van der Waals surface area contributed by atoms with Crippen LogP contribution < -0.4 is 15.6 Å². The Morgan fingerprint density at radius 3 is 2.57 bits per heavy atom. The lowest BCUT2D eigenvalue weighted by Gasteiger charge is -2.15. The first kappa shape index (κ1) is 16.9. The maximum absolute atomic E-state index is 12.1. The van der Waals surface area contributed by atoms with Crippen molar-refractivity contribution >= 4 is 23.4 Å². The van der Waals surface area contributed by atoms with Crippen LogP contribution in [-0.2, 0) is 4.79 Å². The molecule has 0 fully saturated rings. The SMILES string of the molecule is C=C(NNC(=O)C(C)Sc1ccccn1)c1ccc(OC)cc1. The summed E-state index contributed by atoms with van der Waals surface area (Å²) in [5, 5.41) is 0.533. The van der Waals surface area contributed by atoms with Gasteiger partial charge in [-0.3, -0.25) is 15.6 Å². The Morgan fingerprint density at radius 2 is 1.96 bits per heavy atom. The van der Waals surface area contributed by atoms with Crippen molar-refractivity contribution in [2.24, 2.45) is 0 Å². The Labute approximate surface area is 140 Å². The summed E-state index contributed by atoms with van der Waals surface area (Å²) < 4.78 is 5.11. The molecule has 0 bridgehead atoms. The van der Waals surface area contributed by atoms with Crippen LogP contribution in [0, 0.1) is 0 Å². The minimum atomic E-state index is -0.277. The summed E-state index contributed by atoms with van der Waals surface area (Å²) in [7, 11) is 1.61. The summed E-state index contributed by atoms with van der Waals surface area (Å²) in [5.74, 6) is 0.626. The maximum Gasteiger partial charge on any atom is 0.251 e. The van der Waals surface area contributed by atoms with Gasteiger partial charge >= 0.3 is 0 Å². The lowest BCUT2D eigenvalue weighted by atomic mass is 10.2. The third kappa shape index (κ3) is 5.03. The normalized spacial score (nSPS) is 11.4. The highest BCUT2D eigenvalue weighted by molar-refractivity contribution is 8.00. The molecule has 0 saturated heterocycles. The topological polar surface area (TPSA) is 63.2 Å². The molecule has 0 spiro atoms. The maximum atomic E-state index is 12.1. The summed E-state index contributed by atoms with van der Waals surface area (Å²) in [6, 6.07) is 13.0. The van der Waals surface area contributed by atoms with E-state index in [4.69, 9.17) is 4.74 Å². The molecule has 0 aliphatic rings. The quantitative estimate of drug-likeness (QED) is 0.604. The number of carbonyl (C=O) groups is 1. The highest BCUT2D eigenvalue weighted by atomic mass is 32.2. The van der Waals surface area contributed by atoms with E-state index in [0.717, 1.165) is 16.3 Å². The molecule has 1 atom stereocenters. The van der Waals surface area contributed by atoms with E-state index < -0.39 is 0 Å². The van der Waals surface area contributed by atoms with E-state index in [9.17, 15) is 4.79 Å². The molecule has 0 radical (unpaired) electrons. The van der Waals surface area contributed by atoms with Gasteiger partial charge in [0.25, 0.3) is 5.91 Å². The fourth-order valence-corrected chi connectivity index (χ4v) is 2.56. The summed E-state index contributed by atoms with van der Waals surface area (Å²) >= 11 is 1.39. The highest BCUT2D eigenvalue weighted by Crippen LogP contribution is 2.20. The second-order valence-corrected chi connectivity index (χ2v) is 6.11. The molecule has 0 aliphatic heterocycles. The third-order valence-corrected chi connectivity index (χ3v) is 4.13. The first-order valence-electron chi connectivity index (χ1n) is 7.07. The van der Waals surface area contributed by atoms with Crippen LogP contribution in [0.25, 0.3) is 5.70 Å². The molecule has 1 amide bonds. The molecular weight excluding hydrogens is 310 g/mol. The number of hydrazine groups is 1. The number of nitrogens with zero attached hydrogens (tertiary/aromatic N) is 1. The van der Waals surface area contributed by atoms with E-state index in [0.29, 0.717) is 5.70 Å². The van der Waals surface area contributed by atoms with Crippen molar-refractivity contribution < 1.29 is 9.53 Å². The number of carbonyl (C=O) groups excluding carboxylic acids is 1. The Balaban J connectivity index is 1.84. The predicted molar refractivity (Wildman–Crippen MR) is 92.9 cm³/mol. The van der Waals surface area contributed by atoms with Crippen LogP contribution in [0.4, 0.5) is 0 Å². The number of nitrogens with one attached hydrogen (secondary N) is 2. The number of hydrogen-bond donors (Lipinski definition) is 2. The van der Waals surface area contributed by atoms with Crippen LogP contribution in [0.5, 0.6) is 5.75 Å². The van der Waals surface area contributed by atoms with E-state index in [2.05, 4.69) is 22.4 Å². The van der Waals surface area contributed by atoms with Gasteiger partial charge in [-0.15, -0.1) is 0 Å². The zero-order valence-electron chi connectivity index (χ0n) is 13.1. The molecule has 23 heavy (non-hydrogen) atoms. The van der Waals surface area contributed by atoms with Crippen LogP contribution in [0.3, 0.4) is 0 Å². The number of benzene rings is 1. The molecule has 1 unspecified atom stereocenters. The van der Waals surface area contributed by atoms with Gasteiger partial charge in [0.2, 0.25) is 0 Å². The summed E-state index contributed by atoms with van der Waals surface area (Å²) in [4.78, 5) is 16.3. The number of ether oxygens (including phenoxy) is 1. The number of pyridine rings is 1. The van der Waals surface area contributed by atoms with Gasteiger partial charge in [-0.2, -0.15) is 0 Å². The van der Waals surface area contributed by atoms with Gasteiger partial charge in [0, 0.05) is 6.20 Å². The Kier molecular flexibility index (Phi) is 6.05. The van der Waals surface area contributed by atoms with Gasteiger partial charge < -0.3 is 4.74 Å². The van der Waals surface area contributed by atoms with E-state index in [1.807, 2.05) is 49.4 Å². The standard InChI is InChI=1S/C17H19N3O2S/c1-12(14-7-9-15(22-3)10-8-14)19-20-17(21)13(2)23-16-6-4-5-11-18-16/h4-11,13,19H,1H2,2-3H3,(H,20,21). The third-order valence-electron chi connectivity index (χ3n) is 3.08. The molecule has 5 nitrogen and oxygen atoms in total. The molecule has 1 aromatic heterocycles. The average Bonchev–Trinajstić information content (AvgIpc) is 2.60. The second-order valence-electron chi connectivity index (χ2n) is 4.75. The molecule has 120 valence electrons. The van der Waals surface area contributed by atoms with Crippen LogP contribution in [0.2, 0.25) is 0 Å². The van der Waals surface area contributed by atoms with Crippen LogP contribution in [0.15, 0.2) is 60.3 Å². The summed E-state index contributed by atoms with van der Waals surface area (Å²) in [5.41, 5.74) is 6.97. The molecule has 2 N–H and O–H groups in total. The number of rotatable bonds is 7. The first-order chi connectivity index (χ1) is 11.1. The largest absolute Gasteiger partial charge is 0.497 e. The van der Waals surface area contributed by atoms with E-state index >= 15 is 0 Å². The van der Waals surface area contributed by atoms with Crippen molar-refractivity contribution in [2.75, 3.05) is 7.11 Å². The van der Waals surface area contributed by atoms with Crippen molar-refractivity contribution in [3.8, 4) is 5.75 Å². The molecule has 0 aliphatic carbocycles. The number of thioether (sulfide) groups is 1.